The summed E-state index contributed by atoms with van der Waals surface area (Å²) in [5.41, 5.74) is 3.69. The maximum Gasteiger partial charge on any atom is 0.180 e. The van der Waals surface area contributed by atoms with E-state index in [9.17, 15) is 31.2 Å². The molecule has 0 aliphatic heterocycles. The summed E-state index contributed by atoms with van der Waals surface area (Å²) < 4.78 is 43.7. The zero-order valence-corrected chi connectivity index (χ0v) is 55.1. The average molecular weight is 1090 g/mol. The van der Waals surface area contributed by atoms with Crippen molar-refractivity contribution < 1.29 is 31.2 Å². The monoisotopic (exact) mass is 1090 g/mol. The molecule has 0 saturated carbocycles. The van der Waals surface area contributed by atoms with E-state index in [1.54, 1.807) is 71.9 Å². The summed E-state index contributed by atoms with van der Waals surface area (Å²) in [4.78, 5) is 32.0. The molecule has 0 aromatic heterocycles. The summed E-state index contributed by atoms with van der Waals surface area (Å²) in [6.45, 7) is 52.9. The van der Waals surface area contributed by atoms with E-state index in [-0.39, 0.29) is 45.6 Å². The predicted octanol–water partition coefficient (Wildman–Crippen LogP) is 19.2. The van der Waals surface area contributed by atoms with Crippen molar-refractivity contribution in [3.8, 4) is 0 Å². The Kier molecular flexibility index (Phi) is 67.0. The molecule has 0 spiro atoms. The van der Waals surface area contributed by atoms with Gasteiger partial charge in [0.25, 0.3) is 0 Å². The number of hydrogen-bond acceptors (Lipinski definition) is 7. The SMILES string of the molecule is CC.CC.CC.CC.CC(=O)C(C)C.CC(=O)C(C)C.CC(C)C(=O)c1ccccc1.CC(C)Cc1ccccc1.CC(C)Cc1ccccc1.CC(C)S(=O)(=O)c1ccccc1.CC(C)S(C)(=O)=O.CCC(C)C. The van der Waals surface area contributed by atoms with Crippen molar-refractivity contribution in [2.24, 2.45) is 35.5 Å². The molecule has 4 rings (SSSR count). The lowest BCUT2D eigenvalue weighted by Gasteiger charge is -2.06. The van der Waals surface area contributed by atoms with Gasteiger partial charge in [-0.3, -0.25) is 14.4 Å². The number of sulfone groups is 2. The van der Waals surface area contributed by atoms with Crippen LogP contribution in [0.2, 0.25) is 0 Å². The summed E-state index contributed by atoms with van der Waals surface area (Å²) >= 11 is 0. The van der Waals surface area contributed by atoms with Crippen LogP contribution < -0.4 is 0 Å². The van der Waals surface area contributed by atoms with Gasteiger partial charge >= 0.3 is 0 Å². The fourth-order valence-corrected chi connectivity index (χ4v) is 5.07. The standard InChI is InChI=1S/C10H12O.2C10H14.C9H12O2S.2C5H10O.C5H12.C4H10O2S.4C2H6/c1-8(2)10(11)9-6-4-3-5-7-9;2*1-9(2)8-10-6-4-3-5-7-10;1-8(2)12(10,11)9-6-4-3-5-7-9;2*1-4(2)5(3)6;1-4-5(2)3;1-4(2)7(3,5)6;4*1-2/h3-8H,1-2H3;2*3-7,9H,8H2,1-2H3;3-8H,1-2H3;2*4H,1-3H3;5H,4H2,1-3H3;4H,1-3H3;4*1-2H3. The molecule has 0 aliphatic rings. The van der Waals surface area contributed by atoms with Crippen molar-refractivity contribution in [2.45, 2.75) is 222 Å². The number of rotatable bonds is 12. The van der Waals surface area contributed by atoms with Crippen molar-refractivity contribution in [1.82, 2.24) is 0 Å². The molecule has 7 nitrogen and oxygen atoms in total. The molecule has 0 radical (unpaired) electrons. The van der Waals surface area contributed by atoms with Gasteiger partial charge < -0.3 is 0 Å². The van der Waals surface area contributed by atoms with Crippen molar-refractivity contribution >= 4 is 37.0 Å². The Morgan fingerprint density at radius 2 is 0.613 bits per heavy atom. The predicted molar refractivity (Wildman–Crippen MR) is 336 cm³/mol. The Balaban J connectivity index is -0.000000113. The molecule has 4 aromatic carbocycles. The largest absolute Gasteiger partial charge is 0.300 e. The van der Waals surface area contributed by atoms with Crippen molar-refractivity contribution in [3.63, 3.8) is 0 Å². The van der Waals surface area contributed by atoms with Gasteiger partial charge in [-0.15, -0.1) is 0 Å². The second kappa shape index (κ2) is 57.5. The quantitative estimate of drug-likeness (QED) is 0.130. The Labute approximate surface area is 467 Å². The number of benzene rings is 4. The lowest BCUT2D eigenvalue weighted by Crippen LogP contribution is -2.13. The molecule has 0 N–H and O–H groups in total. The highest BCUT2D eigenvalue weighted by Gasteiger charge is 2.17. The molecule has 0 saturated heterocycles. The molecular weight excluding hydrogens is 969 g/mol. The number of Topliss-reactive ketones (excluding diaryl/α,β-unsaturated/α-hetero) is 3. The summed E-state index contributed by atoms with van der Waals surface area (Å²) in [7, 11) is -5.82. The molecule has 0 aliphatic carbocycles. The van der Waals surface area contributed by atoms with Crippen LogP contribution in [0.25, 0.3) is 0 Å². The Morgan fingerprint density at radius 3 is 0.787 bits per heavy atom. The molecule has 0 fully saturated rings. The molecule has 0 unspecified atom stereocenters. The molecule has 0 heterocycles. The van der Waals surface area contributed by atoms with Crippen LogP contribution in [-0.4, -0.2) is 50.9 Å². The van der Waals surface area contributed by atoms with Gasteiger partial charge in [0.1, 0.15) is 21.4 Å². The average Bonchev–Trinajstić information content (AvgIpc) is 3.38. The summed E-state index contributed by atoms with van der Waals surface area (Å²) in [6, 6.07) is 39.1. The van der Waals surface area contributed by atoms with Crippen LogP contribution in [0.3, 0.4) is 0 Å². The smallest absolute Gasteiger partial charge is 0.180 e. The van der Waals surface area contributed by atoms with Gasteiger partial charge in [0.05, 0.1) is 15.4 Å². The van der Waals surface area contributed by atoms with Crippen LogP contribution in [0.4, 0.5) is 0 Å². The van der Waals surface area contributed by atoms with E-state index >= 15 is 0 Å². The van der Waals surface area contributed by atoms with Gasteiger partial charge in [0.2, 0.25) is 0 Å². The number of ketones is 3. The van der Waals surface area contributed by atoms with Gasteiger partial charge in [-0.1, -0.05) is 261 Å². The fourth-order valence-electron chi connectivity index (χ4n) is 3.99. The van der Waals surface area contributed by atoms with Crippen LogP contribution in [0.5, 0.6) is 0 Å². The lowest BCUT2D eigenvalue weighted by atomic mass is 10.0. The molecule has 9 heteroatoms. The molecule has 75 heavy (non-hydrogen) atoms. The fraction of sp³-hybridized carbons (Fsp3) is 0.591. The first-order chi connectivity index (χ1) is 34.8. The minimum absolute atomic E-state index is 0.0948. The van der Waals surface area contributed by atoms with Crippen molar-refractivity contribution in [2.75, 3.05) is 6.26 Å². The Morgan fingerprint density at radius 1 is 0.387 bits per heavy atom. The lowest BCUT2D eigenvalue weighted by molar-refractivity contribution is -0.120. The van der Waals surface area contributed by atoms with Crippen LogP contribution in [0.1, 0.15) is 215 Å². The molecule has 436 valence electrons. The number of hydrogen-bond donors (Lipinski definition) is 0. The van der Waals surface area contributed by atoms with E-state index in [2.05, 4.69) is 109 Å². The Bertz CT molecular complexity index is 1960. The normalized spacial score (nSPS) is 9.76. The minimum atomic E-state index is -3.08. The summed E-state index contributed by atoms with van der Waals surface area (Å²) in [6.07, 6.45) is 4.93. The number of carbonyl (C=O) groups excluding carboxylic acids is 3. The van der Waals surface area contributed by atoms with E-state index in [1.165, 1.54) is 36.6 Å². The number of carbonyl (C=O) groups is 3. The third-order valence-electron chi connectivity index (χ3n) is 9.55. The van der Waals surface area contributed by atoms with Crippen LogP contribution in [-0.2, 0) is 42.1 Å². The first-order valence-corrected chi connectivity index (χ1v) is 31.5. The molecule has 0 bridgehead atoms. The summed E-state index contributed by atoms with van der Waals surface area (Å²) in [5.74, 6) is 3.67. The molecule has 0 amide bonds. The van der Waals surface area contributed by atoms with Crippen LogP contribution >= 0.6 is 0 Å². The minimum Gasteiger partial charge on any atom is -0.300 e. The van der Waals surface area contributed by atoms with Crippen molar-refractivity contribution in [1.29, 1.82) is 0 Å². The van der Waals surface area contributed by atoms with E-state index < -0.39 is 19.7 Å². The van der Waals surface area contributed by atoms with E-state index in [0.717, 1.165) is 23.3 Å². The third kappa shape index (κ3) is 62.2. The van der Waals surface area contributed by atoms with Gasteiger partial charge in [-0.25, -0.2) is 16.8 Å². The highest BCUT2D eigenvalue weighted by Crippen LogP contribution is 2.14. The van der Waals surface area contributed by atoms with Gasteiger partial charge in [-0.2, -0.15) is 0 Å². The molecule has 4 aromatic rings. The molecular formula is C66H118O7S2. The Hall–Kier alpha value is -4.21. The second-order valence-electron chi connectivity index (χ2n) is 19.2. The van der Waals surface area contributed by atoms with Gasteiger partial charge in [0, 0.05) is 29.6 Å². The van der Waals surface area contributed by atoms with Crippen molar-refractivity contribution in [3.05, 3.63) is 138 Å². The maximum atomic E-state index is 11.5. The second-order valence-corrected chi connectivity index (χ2v) is 24.3. The van der Waals surface area contributed by atoms with Gasteiger partial charge in [-0.05, 0) is 95.4 Å². The zero-order valence-electron chi connectivity index (χ0n) is 53.5. The van der Waals surface area contributed by atoms with E-state index in [0.29, 0.717) is 4.90 Å². The topological polar surface area (TPSA) is 119 Å². The maximum absolute atomic E-state index is 11.5. The zero-order chi connectivity index (χ0) is 60.9. The van der Waals surface area contributed by atoms with E-state index in [4.69, 9.17) is 0 Å². The highest BCUT2D eigenvalue weighted by atomic mass is 32.2. The van der Waals surface area contributed by atoms with E-state index in [1.807, 2.05) is 127 Å². The van der Waals surface area contributed by atoms with Crippen LogP contribution in [0, 0.1) is 35.5 Å². The van der Waals surface area contributed by atoms with Crippen LogP contribution in [0.15, 0.2) is 126 Å². The first kappa shape index (κ1) is 87.5. The first-order valence-electron chi connectivity index (χ1n) is 28.0. The third-order valence-corrected chi connectivity index (χ3v) is 13.4. The molecule has 0 atom stereocenters. The highest BCUT2D eigenvalue weighted by molar-refractivity contribution is 7.92. The summed E-state index contributed by atoms with van der Waals surface area (Å²) in [5, 5.41) is -0.576. The van der Waals surface area contributed by atoms with Gasteiger partial charge in [0.15, 0.2) is 15.6 Å².